The lowest BCUT2D eigenvalue weighted by molar-refractivity contribution is -0.0335. The van der Waals surface area contributed by atoms with E-state index in [1.54, 1.807) is 11.1 Å². The second-order valence-electron chi connectivity index (χ2n) is 6.21. The quantitative estimate of drug-likeness (QED) is 0.755. The van der Waals surface area contributed by atoms with Crippen LogP contribution in [0.1, 0.15) is 19.8 Å². The summed E-state index contributed by atoms with van der Waals surface area (Å²) in [6, 6.07) is 1.93. The number of ether oxygens (including phenoxy) is 1. The Hall–Kier alpha value is -0.640. The maximum atomic E-state index is 5.71. The summed E-state index contributed by atoms with van der Waals surface area (Å²) in [6.45, 7) is 6.39. The summed E-state index contributed by atoms with van der Waals surface area (Å²) in [6.07, 6.45) is 7.68. The van der Waals surface area contributed by atoms with Crippen LogP contribution in [-0.2, 0) is 4.74 Å². The first kappa shape index (κ1) is 11.2. The Labute approximate surface area is 109 Å². The zero-order chi connectivity index (χ0) is 12.1. The second kappa shape index (κ2) is 4.19. The number of nitrogens with one attached hydrogen (secondary N) is 1. The summed E-state index contributed by atoms with van der Waals surface area (Å²) in [5.41, 5.74) is 3.09. The zero-order valence-corrected chi connectivity index (χ0v) is 11.1. The minimum absolute atomic E-state index is 0.602. The molecular weight excluding hydrogens is 224 g/mol. The molecule has 1 N–H and O–H groups in total. The van der Waals surface area contributed by atoms with E-state index >= 15 is 0 Å². The number of nitrogens with zero attached hydrogens (tertiary/aromatic N) is 1. The molecule has 0 aromatic rings. The van der Waals surface area contributed by atoms with Gasteiger partial charge in [0.05, 0.1) is 13.2 Å². The van der Waals surface area contributed by atoms with Crippen molar-refractivity contribution in [1.82, 2.24) is 10.2 Å². The van der Waals surface area contributed by atoms with Crippen LogP contribution < -0.4 is 5.32 Å². The summed E-state index contributed by atoms with van der Waals surface area (Å²) in [5, 5.41) is 3.47. The first-order chi connectivity index (χ1) is 8.83. The van der Waals surface area contributed by atoms with E-state index in [0.29, 0.717) is 24.0 Å². The van der Waals surface area contributed by atoms with Crippen LogP contribution in [0.15, 0.2) is 23.3 Å². The summed E-state index contributed by atoms with van der Waals surface area (Å²) in [5.74, 6) is 0.643. The maximum absolute atomic E-state index is 5.71. The highest BCUT2D eigenvalue weighted by atomic mass is 16.5. The van der Waals surface area contributed by atoms with E-state index in [9.17, 15) is 0 Å². The van der Waals surface area contributed by atoms with Gasteiger partial charge in [0.1, 0.15) is 0 Å². The van der Waals surface area contributed by atoms with E-state index in [1.165, 1.54) is 12.8 Å². The average molecular weight is 246 g/mol. The Kier molecular flexibility index (Phi) is 2.61. The Morgan fingerprint density at radius 1 is 1.11 bits per heavy atom. The Bertz CT molecular complexity index is 399. The molecule has 0 spiro atoms. The van der Waals surface area contributed by atoms with E-state index in [2.05, 4.69) is 29.3 Å². The molecule has 0 aromatic heterocycles. The third-order valence-corrected chi connectivity index (χ3v) is 5.06. The summed E-state index contributed by atoms with van der Waals surface area (Å²) in [4.78, 5) is 2.76. The summed E-state index contributed by atoms with van der Waals surface area (Å²) in [7, 11) is 0. The maximum Gasteiger partial charge on any atom is 0.0623 e. The number of hydrogen-bond acceptors (Lipinski definition) is 3. The molecule has 3 saturated heterocycles. The van der Waals surface area contributed by atoms with Gasteiger partial charge in [-0.05, 0) is 29.9 Å². The number of fused-ring (bicyclic) bond motifs is 3. The average Bonchev–Trinajstić information content (AvgIpc) is 2.90. The fraction of sp³-hybridized carbons (Fsp3) is 0.733. The lowest BCUT2D eigenvalue weighted by Gasteiger charge is -2.42. The van der Waals surface area contributed by atoms with Gasteiger partial charge in [-0.2, -0.15) is 0 Å². The molecular formula is C15H22N2O. The molecule has 18 heavy (non-hydrogen) atoms. The molecule has 0 aromatic carbocycles. The molecule has 0 amide bonds. The molecule has 3 heterocycles. The third kappa shape index (κ3) is 1.61. The number of hydrogen-bond donors (Lipinski definition) is 1. The highest BCUT2D eigenvalue weighted by Gasteiger charge is 2.43. The van der Waals surface area contributed by atoms with Crippen LogP contribution in [0.4, 0.5) is 0 Å². The van der Waals surface area contributed by atoms with Gasteiger partial charge in [-0.15, -0.1) is 0 Å². The van der Waals surface area contributed by atoms with E-state index in [0.717, 1.165) is 26.3 Å². The fourth-order valence-electron chi connectivity index (χ4n) is 4.17. The molecule has 4 unspecified atom stereocenters. The van der Waals surface area contributed by atoms with Gasteiger partial charge in [0.15, 0.2) is 0 Å². The molecule has 4 atom stereocenters. The van der Waals surface area contributed by atoms with E-state index in [4.69, 9.17) is 4.74 Å². The van der Waals surface area contributed by atoms with Gasteiger partial charge < -0.3 is 10.1 Å². The van der Waals surface area contributed by atoms with Crippen LogP contribution in [0.3, 0.4) is 0 Å². The van der Waals surface area contributed by atoms with Crippen molar-refractivity contribution in [3.8, 4) is 0 Å². The molecule has 2 bridgehead atoms. The Morgan fingerprint density at radius 3 is 2.50 bits per heavy atom. The van der Waals surface area contributed by atoms with Gasteiger partial charge in [-0.25, -0.2) is 0 Å². The minimum Gasteiger partial charge on any atom is -0.378 e. The van der Waals surface area contributed by atoms with Crippen LogP contribution in [0.25, 0.3) is 0 Å². The van der Waals surface area contributed by atoms with Gasteiger partial charge >= 0.3 is 0 Å². The summed E-state index contributed by atoms with van der Waals surface area (Å²) >= 11 is 0. The molecule has 3 aliphatic heterocycles. The number of morpholine rings is 1. The van der Waals surface area contributed by atoms with E-state index in [-0.39, 0.29) is 0 Å². The molecule has 98 valence electrons. The van der Waals surface area contributed by atoms with Crippen LogP contribution in [0, 0.1) is 5.92 Å². The van der Waals surface area contributed by atoms with Crippen LogP contribution >= 0.6 is 0 Å². The molecule has 1 aliphatic carbocycles. The Morgan fingerprint density at radius 2 is 1.78 bits per heavy atom. The summed E-state index contributed by atoms with van der Waals surface area (Å²) < 4.78 is 5.71. The van der Waals surface area contributed by atoms with Crippen molar-refractivity contribution in [2.24, 2.45) is 5.92 Å². The predicted molar refractivity (Wildman–Crippen MR) is 71.5 cm³/mol. The molecule has 4 aliphatic rings. The van der Waals surface area contributed by atoms with E-state index in [1.807, 2.05) is 0 Å². The molecule has 3 nitrogen and oxygen atoms in total. The third-order valence-electron chi connectivity index (χ3n) is 5.06. The highest BCUT2D eigenvalue weighted by Crippen LogP contribution is 2.37. The zero-order valence-electron chi connectivity index (χ0n) is 11.1. The Balaban J connectivity index is 1.63. The molecule has 4 rings (SSSR count). The highest BCUT2D eigenvalue weighted by molar-refractivity contribution is 5.42. The van der Waals surface area contributed by atoms with Crippen molar-refractivity contribution in [3.05, 3.63) is 23.3 Å². The normalized spacial score (nSPS) is 43.6. The van der Waals surface area contributed by atoms with Gasteiger partial charge in [-0.3, -0.25) is 4.90 Å². The van der Waals surface area contributed by atoms with Gasteiger partial charge in [-0.1, -0.05) is 19.1 Å². The predicted octanol–water partition coefficient (Wildman–Crippen LogP) is 1.32. The SMILES string of the molecule is CC1C=C2CNCC2=CC1N1C2CCC1COC2. The van der Waals surface area contributed by atoms with E-state index < -0.39 is 0 Å². The first-order valence-corrected chi connectivity index (χ1v) is 7.30. The van der Waals surface area contributed by atoms with Crippen molar-refractivity contribution in [2.75, 3.05) is 26.3 Å². The standard InChI is InChI=1S/C15H22N2O/c1-10-4-11-6-16-7-12(11)5-15(10)17-13-2-3-14(17)9-18-8-13/h4-5,10,13-16H,2-3,6-9H2,1H3. The first-order valence-electron chi connectivity index (χ1n) is 7.30. The topological polar surface area (TPSA) is 24.5 Å². The van der Waals surface area contributed by atoms with Crippen LogP contribution in [0.5, 0.6) is 0 Å². The smallest absolute Gasteiger partial charge is 0.0623 e. The number of rotatable bonds is 1. The monoisotopic (exact) mass is 246 g/mol. The van der Waals surface area contributed by atoms with Crippen molar-refractivity contribution >= 4 is 0 Å². The minimum atomic E-state index is 0.602. The van der Waals surface area contributed by atoms with Crippen LogP contribution in [-0.4, -0.2) is 49.3 Å². The largest absolute Gasteiger partial charge is 0.378 e. The molecule has 3 fully saturated rings. The fourth-order valence-corrected chi connectivity index (χ4v) is 4.17. The molecule has 0 saturated carbocycles. The lowest BCUT2D eigenvalue weighted by atomic mass is 9.87. The van der Waals surface area contributed by atoms with Crippen molar-refractivity contribution < 1.29 is 4.74 Å². The van der Waals surface area contributed by atoms with Gasteiger partial charge in [0.2, 0.25) is 0 Å². The van der Waals surface area contributed by atoms with Gasteiger partial charge in [0.25, 0.3) is 0 Å². The molecule has 0 radical (unpaired) electrons. The van der Waals surface area contributed by atoms with Crippen molar-refractivity contribution in [3.63, 3.8) is 0 Å². The van der Waals surface area contributed by atoms with Gasteiger partial charge in [0, 0.05) is 31.2 Å². The van der Waals surface area contributed by atoms with Crippen molar-refractivity contribution in [1.29, 1.82) is 0 Å². The van der Waals surface area contributed by atoms with Crippen LogP contribution in [0.2, 0.25) is 0 Å². The lowest BCUT2D eigenvalue weighted by Crippen LogP contribution is -2.53. The molecule has 3 heteroatoms. The second-order valence-corrected chi connectivity index (χ2v) is 6.21. The van der Waals surface area contributed by atoms with Crippen molar-refractivity contribution in [2.45, 2.75) is 37.9 Å².